The van der Waals surface area contributed by atoms with Crippen LogP contribution in [0.15, 0.2) is 51.1 Å². The maximum atomic E-state index is 13.5. The van der Waals surface area contributed by atoms with Crippen molar-refractivity contribution in [1.29, 1.82) is 0 Å². The second kappa shape index (κ2) is 7.36. The molecule has 1 amide bonds. The average Bonchev–Trinajstić information content (AvgIpc) is 3.40. The van der Waals surface area contributed by atoms with Gasteiger partial charge in [0.1, 0.15) is 11.1 Å². The van der Waals surface area contributed by atoms with Gasteiger partial charge in [0.15, 0.2) is 16.9 Å². The third-order valence-corrected chi connectivity index (χ3v) is 6.03. The van der Waals surface area contributed by atoms with Gasteiger partial charge in [0, 0.05) is 5.02 Å². The minimum absolute atomic E-state index is 0.0326. The number of halogens is 1. The summed E-state index contributed by atoms with van der Waals surface area (Å²) in [6.45, 7) is 0. The average molecular weight is 456 g/mol. The number of fused-ring (bicyclic) bond motifs is 2. The van der Waals surface area contributed by atoms with Crippen LogP contribution < -0.4 is 19.8 Å². The Morgan fingerprint density at radius 3 is 2.61 bits per heavy atom. The molecule has 0 fully saturated rings. The van der Waals surface area contributed by atoms with Gasteiger partial charge in [0.2, 0.25) is 10.9 Å². The van der Waals surface area contributed by atoms with Gasteiger partial charge >= 0.3 is 0 Å². The SMILES string of the molecule is COc1ccc([C@@H]2c3c(oc4ccc(Cl)cc4c3=O)C(=O)N2c2nncs2)cc1OC. The predicted molar refractivity (Wildman–Crippen MR) is 116 cm³/mol. The second-order valence-electron chi connectivity index (χ2n) is 6.73. The van der Waals surface area contributed by atoms with Crippen LogP contribution in [0.5, 0.6) is 11.5 Å². The summed E-state index contributed by atoms with van der Waals surface area (Å²) < 4.78 is 16.6. The lowest BCUT2D eigenvalue weighted by molar-refractivity contribution is 0.0970. The molecule has 156 valence electrons. The van der Waals surface area contributed by atoms with E-state index in [-0.39, 0.29) is 22.3 Å². The maximum absolute atomic E-state index is 13.5. The van der Waals surface area contributed by atoms with Crippen molar-refractivity contribution in [3.05, 3.63) is 74.0 Å². The van der Waals surface area contributed by atoms with Gasteiger partial charge in [-0.15, -0.1) is 10.2 Å². The molecule has 10 heteroatoms. The van der Waals surface area contributed by atoms with Crippen LogP contribution in [-0.2, 0) is 0 Å². The molecule has 31 heavy (non-hydrogen) atoms. The van der Waals surface area contributed by atoms with Crippen LogP contribution in [0.3, 0.4) is 0 Å². The van der Waals surface area contributed by atoms with Crippen molar-refractivity contribution >= 4 is 44.9 Å². The number of anilines is 1. The number of carbonyl (C=O) groups excluding carboxylic acids is 1. The molecule has 8 nitrogen and oxygen atoms in total. The van der Waals surface area contributed by atoms with Gasteiger partial charge in [-0.3, -0.25) is 14.5 Å². The standard InChI is InChI=1S/C21H14ClN3O5S/c1-28-14-5-3-10(7-15(14)29-2)17-16-18(26)12-8-11(22)4-6-13(12)30-19(16)20(27)25(17)21-24-23-9-31-21/h3-9,17H,1-2H3/t17-/m1/s1. The van der Waals surface area contributed by atoms with Gasteiger partial charge in [0.05, 0.1) is 31.2 Å². The molecule has 4 aromatic rings. The number of hydrogen-bond acceptors (Lipinski definition) is 8. The number of hydrogen-bond donors (Lipinski definition) is 0. The minimum Gasteiger partial charge on any atom is -0.493 e. The molecule has 1 aliphatic rings. The van der Waals surface area contributed by atoms with E-state index in [9.17, 15) is 9.59 Å². The largest absolute Gasteiger partial charge is 0.493 e. The Kier molecular flexibility index (Phi) is 4.64. The van der Waals surface area contributed by atoms with Gasteiger partial charge in [-0.2, -0.15) is 0 Å². The highest BCUT2D eigenvalue weighted by Gasteiger charge is 2.45. The zero-order chi connectivity index (χ0) is 21.7. The second-order valence-corrected chi connectivity index (χ2v) is 7.98. The zero-order valence-corrected chi connectivity index (χ0v) is 17.9. The summed E-state index contributed by atoms with van der Waals surface area (Å²) in [7, 11) is 3.05. The Labute approximate surface area is 184 Å². The highest BCUT2D eigenvalue weighted by Crippen LogP contribution is 2.43. The van der Waals surface area contributed by atoms with Crippen molar-refractivity contribution in [2.45, 2.75) is 6.04 Å². The third-order valence-electron chi connectivity index (χ3n) is 5.11. The summed E-state index contributed by atoms with van der Waals surface area (Å²) in [4.78, 5) is 28.3. The van der Waals surface area contributed by atoms with E-state index in [2.05, 4.69) is 10.2 Å². The highest BCUT2D eigenvalue weighted by molar-refractivity contribution is 7.13. The summed E-state index contributed by atoms with van der Waals surface area (Å²) in [5.41, 5.74) is 2.31. The lowest BCUT2D eigenvalue weighted by Gasteiger charge is -2.22. The Hall–Kier alpha value is -3.43. The number of aromatic nitrogens is 2. The number of benzene rings is 2. The van der Waals surface area contributed by atoms with Crippen LogP contribution >= 0.6 is 22.9 Å². The quantitative estimate of drug-likeness (QED) is 0.457. The van der Waals surface area contributed by atoms with E-state index < -0.39 is 11.9 Å². The topological polar surface area (TPSA) is 94.8 Å². The fraction of sp³-hybridized carbons (Fsp3) is 0.143. The first kappa shape index (κ1) is 19.5. The molecule has 0 bridgehead atoms. The molecule has 0 saturated heterocycles. The van der Waals surface area contributed by atoms with Gasteiger partial charge in [-0.05, 0) is 35.9 Å². The van der Waals surface area contributed by atoms with E-state index in [0.717, 1.165) is 0 Å². The molecule has 0 unspecified atom stereocenters. The predicted octanol–water partition coefficient (Wildman–Crippen LogP) is 4.06. The summed E-state index contributed by atoms with van der Waals surface area (Å²) in [5, 5.41) is 8.93. The molecule has 0 radical (unpaired) electrons. The zero-order valence-electron chi connectivity index (χ0n) is 16.3. The Morgan fingerprint density at radius 2 is 1.90 bits per heavy atom. The van der Waals surface area contributed by atoms with Crippen LogP contribution in [0.4, 0.5) is 5.13 Å². The number of carbonyl (C=O) groups is 1. The molecule has 0 saturated carbocycles. The summed E-state index contributed by atoms with van der Waals surface area (Å²) >= 11 is 7.29. The molecule has 2 aromatic heterocycles. The first-order valence-electron chi connectivity index (χ1n) is 9.11. The smallest absolute Gasteiger partial charge is 0.297 e. The summed E-state index contributed by atoms with van der Waals surface area (Å²) in [6.07, 6.45) is 0. The van der Waals surface area contributed by atoms with E-state index in [1.165, 1.54) is 42.0 Å². The Balaban J connectivity index is 1.81. The van der Waals surface area contributed by atoms with E-state index >= 15 is 0 Å². The van der Waals surface area contributed by atoms with Gasteiger partial charge in [-0.1, -0.05) is 29.0 Å². The Morgan fingerprint density at radius 1 is 1.10 bits per heavy atom. The lowest BCUT2D eigenvalue weighted by Crippen LogP contribution is -2.29. The molecule has 3 heterocycles. The maximum Gasteiger partial charge on any atom is 0.297 e. The lowest BCUT2D eigenvalue weighted by atomic mass is 9.98. The van der Waals surface area contributed by atoms with Crippen LogP contribution in [0.1, 0.15) is 27.7 Å². The molecule has 1 aliphatic heterocycles. The van der Waals surface area contributed by atoms with Crippen molar-refractivity contribution in [2.75, 3.05) is 19.1 Å². The summed E-state index contributed by atoms with van der Waals surface area (Å²) in [5.74, 6) is 0.484. The first-order chi connectivity index (χ1) is 15.0. The molecule has 0 aliphatic carbocycles. The normalized spacial score (nSPS) is 15.4. The van der Waals surface area contributed by atoms with Crippen molar-refractivity contribution in [3.8, 4) is 11.5 Å². The van der Waals surface area contributed by atoms with E-state index in [1.54, 1.807) is 30.3 Å². The molecule has 2 aromatic carbocycles. The fourth-order valence-corrected chi connectivity index (χ4v) is 4.51. The molecule has 0 spiro atoms. The minimum atomic E-state index is -0.783. The molecule has 0 N–H and O–H groups in total. The van der Waals surface area contributed by atoms with Crippen molar-refractivity contribution in [2.24, 2.45) is 0 Å². The first-order valence-corrected chi connectivity index (χ1v) is 10.4. The van der Waals surface area contributed by atoms with Crippen molar-refractivity contribution in [1.82, 2.24) is 10.2 Å². The van der Waals surface area contributed by atoms with E-state index in [4.69, 9.17) is 25.5 Å². The highest BCUT2D eigenvalue weighted by atomic mass is 35.5. The van der Waals surface area contributed by atoms with Gasteiger partial charge < -0.3 is 13.9 Å². The fourth-order valence-electron chi connectivity index (χ4n) is 3.75. The number of methoxy groups -OCH3 is 2. The number of nitrogens with zero attached hydrogens (tertiary/aromatic N) is 3. The number of rotatable bonds is 4. The molecular formula is C21H14ClN3O5S. The monoisotopic (exact) mass is 455 g/mol. The van der Waals surface area contributed by atoms with Crippen molar-refractivity contribution in [3.63, 3.8) is 0 Å². The number of amides is 1. The van der Waals surface area contributed by atoms with Crippen molar-refractivity contribution < 1.29 is 18.7 Å². The third kappa shape index (κ3) is 2.96. The van der Waals surface area contributed by atoms with E-state index in [0.29, 0.717) is 32.6 Å². The van der Waals surface area contributed by atoms with Gasteiger partial charge in [0.25, 0.3) is 5.91 Å². The molecular weight excluding hydrogens is 442 g/mol. The molecule has 1 atom stereocenters. The molecule has 5 rings (SSSR count). The van der Waals surface area contributed by atoms with E-state index in [1.807, 2.05) is 0 Å². The van der Waals surface area contributed by atoms with Gasteiger partial charge in [-0.25, -0.2) is 0 Å². The van der Waals surface area contributed by atoms with Crippen LogP contribution in [0.2, 0.25) is 5.02 Å². The number of ether oxygens (including phenoxy) is 2. The van der Waals surface area contributed by atoms with Crippen LogP contribution in [-0.4, -0.2) is 30.3 Å². The van der Waals surface area contributed by atoms with Crippen LogP contribution in [0, 0.1) is 0 Å². The summed E-state index contributed by atoms with van der Waals surface area (Å²) in [6, 6.07) is 9.14. The Bertz CT molecular complexity index is 1390. The van der Waals surface area contributed by atoms with Crippen LogP contribution in [0.25, 0.3) is 11.0 Å².